The van der Waals surface area contributed by atoms with E-state index in [9.17, 15) is 4.39 Å². The molecule has 1 fully saturated rings. The fourth-order valence-electron chi connectivity index (χ4n) is 1.84. The van der Waals surface area contributed by atoms with Gasteiger partial charge in [-0.3, -0.25) is 0 Å². The molecule has 0 amide bonds. The molecule has 0 saturated carbocycles. The van der Waals surface area contributed by atoms with E-state index in [1.807, 2.05) is 17.8 Å². The molecule has 0 spiro atoms. The summed E-state index contributed by atoms with van der Waals surface area (Å²) in [5.41, 5.74) is 7.07. The van der Waals surface area contributed by atoms with E-state index >= 15 is 0 Å². The zero-order chi connectivity index (χ0) is 9.97. The van der Waals surface area contributed by atoms with Crippen molar-refractivity contribution in [3.63, 3.8) is 0 Å². The van der Waals surface area contributed by atoms with Crippen LogP contribution in [0.15, 0.2) is 24.3 Å². The Morgan fingerprint density at radius 1 is 1.43 bits per heavy atom. The van der Waals surface area contributed by atoms with Crippen LogP contribution in [0.1, 0.15) is 17.9 Å². The van der Waals surface area contributed by atoms with Crippen LogP contribution in [0.25, 0.3) is 0 Å². The van der Waals surface area contributed by atoms with Crippen LogP contribution < -0.4 is 5.73 Å². The Hall–Kier alpha value is -0.540. The molecule has 1 aliphatic rings. The normalized spacial score (nSPS) is 27.6. The summed E-state index contributed by atoms with van der Waals surface area (Å²) in [5.74, 6) is 2.31. The third kappa shape index (κ3) is 2.10. The summed E-state index contributed by atoms with van der Waals surface area (Å²) in [4.78, 5) is 0. The van der Waals surface area contributed by atoms with Gasteiger partial charge in [-0.1, -0.05) is 12.1 Å². The number of rotatable bonds is 1. The Kier molecular flexibility index (Phi) is 3.08. The van der Waals surface area contributed by atoms with Crippen LogP contribution in [0, 0.1) is 5.82 Å². The Morgan fingerprint density at radius 3 is 3.00 bits per heavy atom. The first-order valence-electron chi connectivity index (χ1n) is 4.86. The van der Waals surface area contributed by atoms with Gasteiger partial charge >= 0.3 is 0 Å². The molecular weight excluding hydrogens is 197 g/mol. The maximum atomic E-state index is 13.0. The van der Waals surface area contributed by atoms with E-state index in [-0.39, 0.29) is 11.9 Å². The highest BCUT2D eigenvalue weighted by Gasteiger charge is 2.23. The first-order valence-corrected chi connectivity index (χ1v) is 6.01. The Labute approximate surface area is 87.9 Å². The van der Waals surface area contributed by atoms with E-state index < -0.39 is 0 Å². The van der Waals surface area contributed by atoms with Crippen molar-refractivity contribution >= 4 is 11.8 Å². The number of nitrogens with two attached hydrogens (primary N) is 1. The van der Waals surface area contributed by atoms with Gasteiger partial charge in [0, 0.05) is 17.7 Å². The molecule has 14 heavy (non-hydrogen) atoms. The molecule has 1 heterocycles. The lowest BCUT2D eigenvalue weighted by Crippen LogP contribution is -2.33. The average molecular weight is 211 g/mol. The monoisotopic (exact) mass is 211 g/mol. The molecule has 1 aliphatic heterocycles. The van der Waals surface area contributed by atoms with Crippen molar-refractivity contribution in [3.8, 4) is 0 Å². The van der Waals surface area contributed by atoms with Crippen LogP contribution in [0.2, 0.25) is 0 Å². The van der Waals surface area contributed by atoms with Crippen LogP contribution >= 0.6 is 11.8 Å². The molecule has 3 heteroatoms. The van der Waals surface area contributed by atoms with E-state index in [1.165, 1.54) is 6.07 Å². The quantitative estimate of drug-likeness (QED) is 0.771. The molecule has 1 nitrogen and oxygen atoms in total. The first-order chi connectivity index (χ1) is 6.77. The fourth-order valence-corrected chi connectivity index (χ4v) is 3.13. The molecule has 2 N–H and O–H groups in total. The molecule has 1 saturated heterocycles. The minimum absolute atomic E-state index is 0.162. The minimum atomic E-state index is -0.162. The van der Waals surface area contributed by atoms with Gasteiger partial charge in [0.05, 0.1) is 0 Å². The highest BCUT2D eigenvalue weighted by molar-refractivity contribution is 7.99. The van der Waals surface area contributed by atoms with Gasteiger partial charge in [-0.2, -0.15) is 11.8 Å². The maximum absolute atomic E-state index is 13.0. The summed E-state index contributed by atoms with van der Waals surface area (Å²) in [6.45, 7) is 0. The molecule has 0 bridgehead atoms. The third-order valence-electron chi connectivity index (χ3n) is 2.69. The predicted molar refractivity (Wildman–Crippen MR) is 59.1 cm³/mol. The second-order valence-corrected chi connectivity index (χ2v) is 4.84. The number of halogens is 1. The van der Waals surface area contributed by atoms with E-state index in [2.05, 4.69) is 0 Å². The molecule has 0 aliphatic carbocycles. The number of hydrogen-bond donors (Lipinski definition) is 1. The lowest BCUT2D eigenvalue weighted by Gasteiger charge is -2.28. The van der Waals surface area contributed by atoms with Crippen molar-refractivity contribution < 1.29 is 4.39 Å². The van der Waals surface area contributed by atoms with Crippen LogP contribution in [0.3, 0.4) is 0 Å². The van der Waals surface area contributed by atoms with Crippen molar-refractivity contribution in [1.29, 1.82) is 0 Å². The Bertz CT molecular complexity index is 316. The van der Waals surface area contributed by atoms with E-state index in [4.69, 9.17) is 5.73 Å². The second-order valence-electron chi connectivity index (χ2n) is 3.69. The summed E-state index contributed by atoms with van der Waals surface area (Å²) in [5, 5.41) is 0. The van der Waals surface area contributed by atoms with Gasteiger partial charge in [0.2, 0.25) is 0 Å². The molecule has 76 valence electrons. The van der Waals surface area contributed by atoms with Crippen molar-refractivity contribution in [2.45, 2.75) is 18.4 Å². The molecule has 1 aromatic rings. The highest BCUT2D eigenvalue weighted by atomic mass is 32.2. The Morgan fingerprint density at radius 2 is 2.29 bits per heavy atom. The predicted octanol–water partition coefficient (Wildman–Crippen LogP) is 2.37. The third-order valence-corrected chi connectivity index (χ3v) is 3.81. The lowest BCUT2D eigenvalue weighted by molar-refractivity contribution is 0.543. The standard InChI is InChI=1S/C11H14FNS/c12-9-3-1-2-8(6-9)10-7-14-5-4-11(10)13/h1-3,6,10-11H,4-5,7,13H2. The van der Waals surface area contributed by atoms with E-state index in [1.54, 1.807) is 12.1 Å². The molecular formula is C11H14FNS. The fraction of sp³-hybridized carbons (Fsp3) is 0.455. The van der Waals surface area contributed by atoms with Gasteiger partial charge in [0.15, 0.2) is 0 Å². The largest absolute Gasteiger partial charge is 0.327 e. The van der Waals surface area contributed by atoms with Crippen molar-refractivity contribution in [2.75, 3.05) is 11.5 Å². The molecule has 2 rings (SSSR count). The molecule has 0 aromatic heterocycles. The molecule has 2 unspecified atom stereocenters. The summed E-state index contributed by atoms with van der Waals surface area (Å²) in [6, 6.07) is 7.01. The van der Waals surface area contributed by atoms with Gasteiger partial charge in [-0.05, 0) is 29.9 Å². The molecule has 2 atom stereocenters. The van der Waals surface area contributed by atoms with E-state index in [0.29, 0.717) is 5.92 Å². The van der Waals surface area contributed by atoms with Gasteiger partial charge in [-0.15, -0.1) is 0 Å². The zero-order valence-electron chi connectivity index (χ0n) is 7.95. The van der Waals surface area contributed by atoms with Crippen LogP contribution in [-0.4, -0.2) is 17.5 Å². The van der Waals surface area contributed by atoms with E-state index in [0.717, 1.165) is 23.5 Å². The van der Waals surface area contributed by atoms with Crippen molar-refractivity contribution in [3.05, 3.63) is 35.6 Å². The highest BCUT2D eigenvalue weighted by Crippen LogP contribution is 2.30. The number of benzene rings is 1. The second kappa shape index (κ2) is 4.32. The zero-order valence-corrected chi connectivity index (χ0v) is 8.77. The summed E-state index contributed by atoms with van der Waals surface area (Å²) in [7, 11) is 0. The smallest absolute Gasteiger partial charge is 0.123 e. The number of hydrogen-bond acceptors (Lipinski definition) is 2. The van der Waals surface area contributed by atoms with Crippen molar-refractivity contribution in [1.82, 2.24) is 0 Å². The Balaban J connectivity index is 2.20. The maximum Gasteiger partial charge on any atom is 0.123 e. The van der Waals surface area contributed by atoms with Gasteiger partial charge in [0.25, 0.3) is 0 Å². The van der Waals surface area contributed by atoms with Crippen LogP contribution in [0.4, 0.5) is 4.39 Å². The van der Waals surface area contributed by atoms with Crippen molar-refractivity contribution in [2.24, 2.45) is 5.73 Å². The molecule has 1 aromatic carbocycles. The SMILES string of the molecule is NC1CCSCC1c1cccc(F)c1. The number of thioether (sulfide) groups is 1. The van der Waals surface area contributed by atoms with Crippen LogP contribution in [0.5, 0.6) is 0 Å². The summed E-state index contributed by atoms with van der Waals surface area (Å²) < 4.78 is 13.0. The minimum Gasteiger partial charge on any atom is -0.327 e. The topological polar surface area (TPSA) is 26.0 Å². The van der Waals surface area contributed by atoms with Gasteiger partial charge in [0.1, 0.15) is 5.82 Å². The first kappa shape index (κ1) is 9.99. The van der Waals surface area contributed by atoms with Gasteiger partial charge < -0.3 is 5.73 Å². The molecule has 0 radical (unpaired) electrons. The summed E-state index contributed by atoms with van der Waals surface area (Å²) >= 11 is 1.91. The average Bonchev–Trinajstić information content (AvgIpc) is 2.18. The van der Waals surface area contributed by atoms with Gasteiger partial charge in [-0.25, -0.2) is 4.39 Å². The summed E-state index contributed by atoms with van der Waals surface area (Å²) in [6.07, 6.45) is 1.03. The lowest BCUT2D eigenvalue weighted by atomic mass is 9.92. The van der Waals surface area contributed by atoms with Crippen LogP contribution in [-0.2, 0) is 0 Å².